The van der Waals surface area contributed by atoms with Crippen molar-refractivity contribution in [2.45, 2.75) is 123 Å². The predicted octanol–water partition coefficient (Wildman–Crippen LogP) is 17.9. The van der Waals surface area contributed by atoms with Crippen LogP contribution in [-0.4, -0.2) is 9.13 Å². The molecule has 318 valence electrons. The molecule has 0 radical (unpaired) electrons. The zero-order chi connectivity index (χ0) is 42.9. The zero-order valence-electron chi connectivity index (χ0n) is 38.2. The fourth-order valence-electron chi connectivity index (χ4n) is 11.5. The second-order valence-electron chi connectivity index (χ2n) is 18.9. The van der Waals surface area contributed by atoms with Crippen molar-refractivity contribution in [3.63, 3.8) is 0 Å². The number of aromatic nitrogens is 2. The maximum atomic E-state index is 2.62. The van der Waals surface area contributed by atoms with E-state index >= 15 is 0 Å². The number of fused-ring (bicyclic) bond motifs is 10. The highest BCUT2D eigenvalue weighted by atomic mass is 15.0. The smallest absolute Gasteiger partial charge is 0.0641 e. The molecule has 1 aliphatic rings. The van der Waals surface area contributed by atoms with Crippen molar-refractivity contribution in [1.82, 2.24) is 9.13 Å². The highest BCUT2D eigenvalue weighted by Gasteiger charge is 2.42. The van der Waals surface area contributed by atoms with Gasteiger partial charge in [-0.25, -0.2) is 0 Å². The molecule has 2 heteroatoms. The first kappa shape index (κ1) is 41.2. The molecule has 9 aromatic rings. The molecule has 0 saturated carbocycles. The lowest BCUT2D eigenvalue weighted by Gasteiger charge is -2.33. The van der Waals surface area contributed by atoms with Crippen LogP contribution in [0, 0.1) is 13.8 Å². The van der Waals surface area contributed by atoms with Crippen LogP contribution in [0.1, 0.15) is 126 Å². The van der Waals surface area contributed by atoms with Gasteiger partial charge in [-0.2, -0.15) is 0 Å². The third-order valence-electron chi connectivity index (χ3n) is 14.6. The number of hydrogen-bond acceptors (Lipinski definition) is 0. The molecule has 7 aromatic carbocycles. The Hall–Kier alpha value is -5.86. The topological polar surface area (TPSA) is 9.86 Å². The molecule has 63 heavy (non-hydrogen) atoms. The molecule has 1 aliphatic carbocycles. The molecule has 0 aliphatic heterocycles. The average Bonchev–Trinajstić information content (AvgIpc) is 3.92. The minimum absolute atomic E-state index is 0.0454. The van der Waals surface area contributed by atoms with E-state index in [9.17, 15) is 0 Å². The van der Waals surface area contributed by atoms with Gasteiger partial charge in [-0.3, -0.25) is 0 Å². The van der Waals surface area contributed by atoms with Gasteiger partial charge in [-0.1, -0.05) is 194 Å². The molecule has 0 bridgehead atoms. The van der Waals surface area contributed by atoms with Crippen LogP contribution >= 0.6 is 0 Å². The first-order valence-electron chi connectivity index (χ1n) is 24.4. The van der Waals surface area contributed by atoms with Gasteiger partial charge in [0.2, 0.25) is 0 Å². The molecule has 2 nitrogen and oxygen atoms in total. The van der Waals surface area contributed by atoms with E-state index in [1.807, 2.05) is 0 Å². The summed E-state index contributed by atoms with van der Waals surface area (Å²) in [5.74, 6) is 0. The fraction of sp³-hybridized carbons (Fsp3) is 0.311. The number of para-hydroxylation sites is 2. The van der Waals surface area contributed by atoms with Gasteiger partial charge >= 0.3 is 0 Å². The third kappa shape index (κ3) is 7.40. The van der Waals surface area contributed by atoms with E-state index in [0.29, 0.717) is 0 Å². The lowest BCUT2D eigenvalue weighted by atomic mass is 9.70. The summed E-state index contributed by atoms with van der Waals surface area (Å²) in [6, 6.07) is 55.8. The number of nitrogens with zero attached hydrogens (tertiary/aromatic N) is 2. The Balaban J connectivity index is 1.12. The van der Waals surface area contributed by atoms with Gasteiger partial charge in [0.25, 0.3) is 0 Å². The summed E-state index contributed by atoms with van der Waals surface area (Å²) in [7, 11) is 0. The summed E-state index contributed by atoms with van der Waals surface area (Å²) in [5, 5.41) is 5.15. The van der Waals surface area contributed by atoms with Gasteiger partial charge < -0.3 is 9.13 Å². The Kier molecular flexibility index (Phi) is 11.6. The van der Waals surface area contributed by atoms with Crippen LogP contribution in [-0.2, 0) is 5.41 Å². The minimum atomic E-state index is 0.0454. The van der Waals surface area contributed by atoms with Crippen molar-refractivity contribution in [2.75, 3.05) is 0 Å². The maximum Gasteiger partial charge on any atom is 0.0641 e. The van der Waals surface area contributed by atoms with E-state index in [2.05, 4.69) is 182 Å². The van der Waals surface area contributed by atoms with Crippen LogP contribution in [0.4, 0.5) is 0 Å². The summed E-state index contributed by atoms with van der Waals surface area (Å²) in [6.45, 7) is 9.13. The van der Waals surface area contributed by atoms with Crippen molar-refractivity contribution < 1.29 is 0 Å². The second kappa shape index (κ2) is 17.7. The SMILES string of the molecule is CCCCCCCCC1(CCCCCCCC)c2cc(C)ccc2-c2ccc(-c3cccc(-n4c5ccccc5c5ccc6c(c7ccccc7n6-c6cccc(C)c6)c54)c3)cc21. The number of rotatable bonds is 17. The van der Waals surface area contributed by atoms with Crippen LogP contribution in [0.5, 0.6) is 0 Å². The molecule has 2 heterocycles. The Morgan fingerprint density at radius 1 is 0.397 bits per heavy atom. The third-order valence-corrected chi connectivity index (χ3v) is 14.6. The largest absolute Gasteiger partial charge is 0.309 e. The van der Waals surface area contributed by atoms with Crippen LogP contribution in [0.3, 0.4) is 0 Å². The molecular formula is C61H64N2. The van der Waals surface area contributed by atoms with E-state index in [4.69, 9.17) is 0 Å². The van der Waals surface area contributed by atoms with E-state index in [1.54, 1.807) is 11.1 Å². The zero-order valence-corrected chi connectivity index (χ0v) is 38.2. The van der Waals surface area contributed by atoms with Crippen molar-refractivity contribution >= 4 is 43.6 Å². The van der Waals surface area contributed by atoms with Gasteiger partial charge in [-0.05, 0) is 114 Å². The highest BCUT2D eigenvalue weighted by molar-refractivity contribution is 6.26. The van der Waals surface area contributed by atoms with E-state index < -0.39 is 0 Å². The van der Waals surface area contributed by atoms with Crippen LogP contribution in [0.15, 0.2) is 146 Å². The Bertz CT molecular complexity index is 3060. The number of aryl methyl sites for hydroxylation is 2. The lowest BCUT2D eigenvalue weighted by Crippen LogP contribution is -2.25. The van der Waals surface area contributed by atoms with Crippen LogP contribution in [0.2, 0.25) is 0 Å². The van der Waals surface area contributed by atoms with Crippen LogP contribution in [0.25, 0.3) is 77.2 Å². The monoisotopic (exact) mass is 825 g/mol. The van der Waals surface area contributed by atoms with Gasteiger partial charge in [0.1, 0.15) is 0 Å². The Morgan fingerprint density at radius 3 is 1.68 bits per heavy atom. The van der Waals surface area contributed by atoms with Crippen molar-refractivity contribution in [3.05, 3.63) is 168 Å². The normalized spacial score (nSPS) is 13.1. The molecular weight excluding hydrogens is 761 g/mol. The van der Waals surface area contributed by atoms with Gasteiger partial charge in [0, 0.05) is 38.3 Å². The molecule has 0 saturated heterocycles. The highest BCUT2D eigenvalue weighted by Crippen LogP contribution is 2.55. The molecule has 0 N–H and O–H groups in total. The quantitative estimate of drug-likeness (QED) is 0.0810. The number of benzene rings is 7. The van der Waals surface area contributed by atoms with E-state index in [-0.39, 0.29) is 5.41 Å². The Labute approximate surface area is 375 Å². The predicted molar refractivity (Wildman–Crippen MR) is 272 cm³/mol. The Morgan fingerprint density at radius 2 is 0.968 bits per heavy atom. The summed E-state index contributed by atoms with van der Waals surface area (Å²) in [6.07, 6.45) is 18.4. The standard InChI is InChI=1S/C61H64N2/c1-5-7-9-11-13-19-37-61(38-20-14-12-10-8-6-2)54-40-44(4)31-33-49(54)50-34-32-46(42-55(50)61)45-24-22-26-48(41-45)63-56-29-17-15-27-51(56)52-35-36-58-59(60(52)63)53-28-16-18-30-57(53)62(58)47-25-21-23-43(3)39-47/h15-18,21-36,39-42H,5-14,19-20,37-38H2,1-4H3. The average molecular weight is 825 g/mol. The summed E-state index contributed by atoms with van der Waals surface area (Å²) in [5.41, 5.74) is 18.7. The number of hydrogen-bond donors (Lipinski definition) is 0. The van der Waals surface area contributed by atoms with Crippen molar-refractivity contribution in [2.24, 2.45) is 0 Å². The lowest BCUT2D eigenvalue weighted by molar-refractivity contribution is 0.398. The van der Waals surface area contributed by atoms with Gasteiger partial charge in [0.15, 0.2) is 0 Å². The second-order valence-corrected chi connectivity index (χ2v) is 18.9. The van der Waals surface area contributed by atoms with Crippen molar-refractivity contribution in [1.29, 1.82) is 0 Å². The summed E-state index contributed by atoms with van der Waals surface area (Å²) < 4.78 is 5.01. The molecule has 0 unspecified atom stereocenters. The maximum absolute atomic E-state index is 2.62. The molecule has 10 rings (SSSR count). The molecule has 0 fully saturated rings. The summed E-state index contributed by atoms with van der Waals surface area (Å²) >= 11 is 0. The molecule has 0 amide bonds. The van der Waals surface area contributed by atoms with Crippen LogP contribution < -0.4 is 0 Å². The first-order chi connectivity index (χ1) is 31.0. The number of unbranched alkanes of at least 4 members (excludes halogenated alkanes) is 10. The summed E-state index contributed by atoms with van der Waals surface area (Å²) in [4.78, 5) is 0. The van der Waals surface area contributed by atoms with Crippen molar-refractivity contribution in [3.8, 4) is 33.6 Å². The first-order valence-corrected chi connectivity index (χ1v) is 24.4. The van der Waals surface area contributed by atoms with Gasteiger partial charge in [0.05, 0.1) is 22.1 Å². The van der Waals surface area contributed by atoms with Gasteiger partial charge in [-0.15, -0.1) is 0 Å². The molecule has 0 atom stereocenters. The minimum Gasteiger partial charge on any atom is -0.309 e. The molecule has 0 spiro atoms. The van der Waals surface area contributed by atoms with E-state index in [1.165, 1.54) is 178 Å². The van der Waals surface area contributed by atoms with E-state index in [0.717, 1.165) is 0 Å². The fourth-order valence-corrected chi connectivity index (χ4v) is 11.5. The molecule has 2 aromatic heterocycles.